The van der Waals surface area contributed by atoms with Gasteiger partial charge in [-0.1, -0.05) is 54.8 Å². The number of halogens is 1. The fourth-order valence-corrected chi connectivity index (χ4v) is 5.56. The standard InChI is InChI=1S/C24H21ClN2O4S/c1-32(29,30)31-14-6-7-16-10-11-17-20(15-16)27-19-9-5-8-18(25)21(19)22(28)26-23(27)24(17)12-3-2-4-13-24/h5,8-11,15H,2-4,12-14H2,1H3. The molecule has 0 bridgehead atoms. The molecule has 2 heterocycles. The van der Waals surface area contributed by atoms with Gasteiger partial charge in [0.15, 0.2) is 0 Å². The monoisotopic (exact) mass is 468 g/mol. The molecule has 0 N–H and O–H groups in total. The fraction of sp³-hybridized carbons (Fsp3) is 0.333. The summed E-state index contributed by atoms with van der Waals surface area (Å²) in [6.45, 7) is -0.205. The zero-order valence-corrected chi connectivity index (χ0v) is 19.1. The molecule has 0 atom stereocenters. The van der Waals surface area contributed by atoms with Crippen molar-refractivity contribution >= 4 is 32.6 Å². The Morgan fingerprint density at radius 3 is 2.72 bits per heavy atom. The molecule has 1 aliphatic heterocycles. The molecule has 0 amide bonds. The second kappa shape index (κ2) is 7.73. The topological polar surface area (TPSA) is 78.3 Å². The summed E-state index contributed by atoms with van der Waals surface area (Å²) in [6, 6.07) is 11.4. The first kappa shape index (κ1) is 21.2. The van der Waals surface area contributed by atoms with E-state index in [1.54, 1.807) is 6.07 Å². The van der Waals surface area contributed by atoms with Crippen molar-refractivity contribution in [3.63, 3.8) is 0 Å². The Labute approximate surface area is 191 Å². The van der Waals surface area contributed by atoms with E-state index in [1.165, 1.54) is 6.42 Å². The molecular weight excluding hydrogens is 448 g/mol. The Morgan fingerprint density at radius 1 is 1.19 bits per heavy atom. The smallest absolute Gasteiger partial charge is 0.282 e. The zero-order chi connectivity index (χ0) is 22.5. The van der Waals surface area contributed by atoms with E-state index in [2.05, 4.69) is 27.5 Å². The molecule has 8 heteroatoms. The minimum absolute atomic E-state index is 0.205. The quantitative estimate of drug-likeness (QED) is 0.420. The third kappa shape index (κ3) is 3.43. The van der Waals surface area contributed by atoms with Crippen LogP contribution in [0.1, 0.15) is 49.1 Å². The molecule has 1 aromatic heterocycles. The molecule has 2 aliphatic rings. The highest BCUT2D eigenvalue weighted by atomic mass is 35.5. The van der Waals surface area contributed by atoms with E-state index >= 15 is 0 Å². The summed E-state index contributed by atoms with van der Waals surface area (Å²) >= 11 is 6.38. The van der Waals surface area contributed by atoms with Crippen LogP contribution in [0.15, 0.2) is 41.2 Å². The van der Waals surface area contributed by atoms with E-state index in [4.69, 9.17) is 15.8 Å². The average molecular weight is 469 g/mol. The van der Waals surface area contributed by atoms with Gasteiger partial charge in [-0.05, 0) is 42.7 Å². The highest BCUT2D eigenvalue weighted by molar-refractivity contribution is 7.86. The number of aromatic nitrogens is 2. The van der Waals surface area contributed by atoms with Crippen molar-refractivity contribution in [2.45, 2.75) is 37.5 Å². The highest BCUT2D eigenvalue weighted by Crippen LogP contribution is 2.51. The SMILES string of the molecule is CS(=O)(=O)OCC#Cc1ccc2c(c1)-n1c(nc(=O)c3c(Cl)cccc31)C21CCCCC1. The van der Waals surface area contributed by atoms with E-state index in [1.807, 2.05) is 24.3 Å². The summed E-state index contributed by atoms with van der Waals surface area (Å²) in [5.41, 5.74) is 2.96. The maximum atomic E-state index is 13.0. The first-order chi connectivity index (χ1) is 15.3. The number of benzene rings is 2. The molecule has 0 radical (unpaired) electrons. The molecule has 6 nitrogen and oxygen atoms in total. The zero-order valence-electron chi connectivity index (χ0n) is 17.5. The first-order valence-corrected chi connectivity index (χ1v) is 12.7. The van der Waals surface area contributed by atoms with Crippen molar-refractivity contribution < 1.29 is 12.6 Å². The van der Waals surface area contributed by atoms with E-state index < -0.39 is 10.1 Å². The largest absolute Gasteiger partial charge is 0.296 e. The number of fused-ring (bicyclic) bond motifs is 7. The van der Waals surface area contributed by atoms with Crippen LogP contribution >= 0.6 is 11.6 Å². The minimum atomic E-state index is -3.54. The average Bonchev–Trinajstić information content (AvgIpc) is 3.00. The molecule has 1 fully saturated rings. The van der Waals surface area contributed by atoms with Crippen LogP contribution in [-0.4, -0.2) is 30.8 Å². The lowest BCUT2D eigenvalue weighted by Crippen LogP contribution is -2.32. The van der Waals surface area contributed by atoms with Gasteiger partial charge in [0.1, 0.15) is 12.4 Å². The molecule has 1 saturated carbocycles. The van der Waals surface area contributed by atoms with Crippen molar-refractivity contribution in [2.24, 2.45) is 0 Å². The Kier molecular flexibility index (Phi) is 5.12. The molecule has 1 spiro atoms. The van der Waals surface area contributed by atoms with Gasteiger partial charge < -0.3 is 0 Å². The van der Waals surface area contributed by atoms with Gasteiger partial charge >= 0.3 is 0 Å². The third-order valence-electron chi connectivity index (χ3n) is 6.33. The highest BCUT2D eigenvalue weighted by Gasteiger charge is 2.46. The lowest BCUT2D eigenvalue weighted by molar-refractivity contribution is 0.339. The van der Waals surface area contributed by atoms with E-state index in [0.717, 1.165) is 60.1 Å². The lowest BCUT2D eigenvalue weighted by atomic mass is 9.70. The van der Waals surface area contributed by atoms with E-state index in [0.29, 0.717) is 10.4 Å². The Hall–Kier alpha value is -2.66. The van der Waals surface area contributed by atoms with Crippen LogP contribution in [-0.2, 0) is 19.7 Å². The van der Waals surface area contributed by atoms with Gasteiger partial charge in [-0.25, -0.2) is 0 Å². The van der Waals surface area contributed by atoms with Crippen molar-refractivity contribution in [2.75, 3.05) is 12.9 Å². The van der Waals surface area contributed by atoms with Crippen LogP contribution in [0.5, 0.6) is 0 Å². The lowest BCUT2D eigenvalue weighted by Gasteiger charge is -2.33. The summed E-state index contributed by atoms with van der Waals surface area (Å²) in [7, 11) is -3.54. The molecule has 2 aromatic carbocycles. The maximum absolute atomic E-state index is 13.0. The minimum Gasteiger partial charge on any atom is -0.296 e. The molecular formula is C24H21ClN2O4S. The van der Waals surface area contributed by atoms with Gasteiger partial charge in [0.25, 0.3) is 15.7 Å². The summed E-state index contributed by atoms with van der Waals surface area (Å²) in [5.74, 6) is 6.51. The second-order valence-corrected chi connectivity index (χ2v) is 10.4. The van der Waals surface area contributed by atoms with Crippen molar-refractivity contribution in [1.29, 1.82) is 0 Å². The Balaban J connectivity index is 1.72. The molecule has 0 saturated heterocycles. The Morgan fingerprint density at radius 2 is 1.97 bits per heavy atom. The van der Waals surface area contributed by atoms with Crippen molar-refractivity contribution in [3.8, 4) is 17.5 Å². The summed E-state index contributed by atoms with van der Waals surface area (Å²) in [4.78, 5) is 17.5. The third-order valence-corrected chi connectivity index (χ3v) is 7.19. The second-order valence-electron chi connectivity index (χ2n) is 8.35. The number of nitrogens with zero attached hydrogens (tertiary/aromatic N) is 2. The van der Waals surface area contributed by atoms with Gasteiger partial charge in [-0.2, -0.15) is 13.4 Å². The summed E-state index contributed by atoms with van der Waals surface area (Å²) < 4.78 is 29.1. The normalized spacial score (nSPS) is 16.4. The van der Waals surface area contributed by atoms with Gasteiger partial charge in [-0.15, -0.1) is 0 Å². The van der Waals surface area contributed by atoms with Crippen LogP contribution < -0.4 is 5.56 Å². The van der Waals surface area contributed by atoms with Gasteiger partial charge in [-0.3, -0.25) is 13.5 Å². The first-order valence-electron chi connectivity index (χ1n) is 10.5. The van der Waals surface area contributed by atoms with E-state index in [9.17, 15) is 13.2 Å². The van der Waals surface area contributed by atoms with Crippen LogP contribution in [0.2, 0.25) is 5.02 Å². The molecule has 32 heavy (non-hydrogen) atoms. The molecule has 5 rings (SSSR count). The Bertz CT molecular complexity index is 1480. The van der Waals surface area contributed by atoms with Gasteiger partial charge in [0, 0.05) is 5.56 Å². The maximum Gasteiger partial charge on any atom is 0.282 e. The van der Waals surface area contributed by atoms with E-state index in [-0.39, 0.29) is 17.6 Å². The molecule has 1 aliphatic carbocycles. The number of hydrogen-bond acceptors (Lipinski definition) is 5. The van der Waals surface area contributed by atoms with Gasteiger partial charge in [0.2, 0.25) is 0 Å². The molecule has 0 unspecified atom stereocenters. The molecule has 3 aromatic rings. The fourth-order valence-electron chi connectivity index (χ4n) is 5.03. The summed E-state index contributed by atoms with van der Waals surface area (Å²) in [6.07, 6.45) is 6.19. The van der Waals surface area contributed by atoms with Gasteiger partial charge in [0.05, 0.1) is 33.3 Å². The predicted molar refractivity (Wildman–Crippen MR) is 124 cm³/mol. The predicted octanol–water partition coefficient (Wildman–Crippen LogP) is 3.93. The van der Waals surface area contributed by atoms with Crippen LogP contribution in [0.4, 0.5) is 0 Å². The molecule has 164 valence electrons. The number of hydrogen-bond donors (Lipinski definition) is 0. The van der Waals surface area contributed by atoms with Crippen LogP contribution in [0, 0.1) is 11.8 Å². The van der Waals surface area contributed by atoms with Crippen molar-refractivity contribution in [3.05, 3.63) is 68.7 Å². The van der Waals surface area contributed by atoms with Crippen molar-refractivity contribution in [1.82, 2.24) is 9.55 Å². The van der Waals surface area contributed by atoms with Crippen LogP contribution in [0.25, 0.3) is 16.6 Å². The van der Waals surface area contributed by atoms with Crippen LogP contribution in [0.3, 0.4) is 0 Å². The number of rotatable bonds is 2. The summed E-state index contributed by atoms with van der Waals surface area (Å²) in [5, 5.41) is 0.796.